The number of carbonyl (C=O) groups excluding carboxylic acids is 3. The Labute approximate surface area is 90.8 Å². The smallest absolute Gasteiger partial charge is 0.253 e. The van der Waals surface area contributed by atoms with Crippen LogP contribution in [-0.2, 0) is 14.4 Å². The van der Waals surface area contributed by atoms with Gasteiger partial charge in [-0.05, 0) is 6.42 Å². The molecule has 3 aliphatic rings. The quantitative estimate of drug-likeness (QED) is 0.518. The molecular weight excluding hydrogens is 216 g/mol. The summed E-state index contributed by atoms with van der Waals surface area (Å²) in [5, 5.41) is 0. The van der Waals surface area contributed by atoms with Crippen molar-refractivity contribution in [2.45, 2.75) is 24.9 Å². The summed E-state index contributed by atoms with van der Waals surface area (Å²) < 4.78 is 0. The maximum atomic E-state index is 11.9. The number of hydrogen-bond donors (Lipinski definition) is 0. The van der Waals surface area contributed by atoms with Crippen LogP contribution in [0.1, 0.15) is 12.8 Å². The number of carbonyl (C=O) groups is 3. The molecule has 3 amide bonds. The predicted octanol–water partition coefficient (Wildman–Crippen LogP) is -0.581. The summed E-state index contributed by atoms with van der Waals surface area (Å²) >= 11 is 1.57. The van der Waals surface area contributed by atoms with Gasteiger partial charge in [-0.2, -0.15) is 0 Å². The van der Waals surface area contributed by atoms with Crippen LogP contribution >= 0.6 is 11.8 Å². The van der Waals surface area contributed by atoms with Crippen LogP contribution in [-0.4, -0.2) is 51.2 Å². The maximum Gasteiger partial charge on any atom is 0.253 e. The Morgan fingerprint density at radius 2 is 1.93 bits per heavy atom. The summed E-state index contributed by atoms with van der Waals surface area (Å²) in [7, 11) is 0. The first-order valence-corrected chi connectivity index (χ1v) is 6.10. The largest absolute Gasteiger partial charge is 0.319 e. The summed E-state index contributed by atoms with van der Waals surface area (Å²) in [6.45, 7) is 0. The van der Waals surface area contributed by atoms with E-state index in [4.69, 9.17) is 0 Å². The highest BCUT2D eigenvalue weighted by molar-refractivity contribution is 7.99. The van der Waals surface area contributed by atoms with Gasteiger partial charge in [0.25, 0.3) is 5.91 Å². The molecule has 2 atom stereocenters. The fraction of sp³-hybridized carbons (Fsp3) is 0.667. The van der Waals surface area contributed by atoms with Crippen molar-refractivity contribution in [2.75, 3.05) is 11.6 Å². The minimum Gasteiger partial charge on any atom is -0.319 e. The molecule has 3 rings (SSSR count). The average Bonchev–Trinajstić information content (AvgIpc) is 2.80. The lowest BCUT2D eigenvalue weighted by Crippen LogP contribution is -2.62. The third kappa shape index (κ3) is 1.08. The van der Waals surface area contributed by atoms with Crippen LogP contribution in [0.5, 0.6) is 0 Å². The number of nitrogens with zero attached hydrogens (tertiary/aromatic N) is 2. The van der Waals surface area contributed by atoms with E-state index in [0.717, 1.165) is 0 Å². The number of hydrogen-bond acceptors (Lipinski definition) is 4. The summed E-state index contributed by atoms with van der Waals surface area (Å²) in [5.41, 5.74) is 0. The minimum absolute atomic E-state index is 0.0459. The van der Waals surface area contributed by atoms with Crippen LogP contribution < -0.4 is 0 Å². The Bertz CT molecular complexity index is 370. The van der Waals surface area contributed by atoms with Crippen molar-refractivity contribution in [2.24, 2.45) is 0 Å². The second kappa shape index (κ2) is 2.98. The zero-order valence-corrected chi connectivity index (χ0v) is 8.83. The lowest BCUT2D eigenvalue weighted by atomic mass is 10.1. The molecule has 0 saturated carbocycles. The van der Waals surface area contributed by atoms with E-state index in [2.05, 4.69) is 0 Å². The Kier molecular flexibility index (Phi) is 1.83. The van der Waals surface area contributed by atoms with Gasteiger partial charge in [-0.3, -0.25) is 19.3 Å². The summed E-state index contributed by atoms with van der Waals surface area (Å²) in [6.07, 6.45) is 0.827. The molecule has 0 aromatic heterocycles. The van der Waals surface area contributed by atoms with E-state index in [-0.39, 0.29) is 23.8 Å². The van der Waals surface area contributed by atoms with Crippen molar-refractivity contribution in [1.82, 2.24) is 9.80 Å². The lowest BCUT2D eigenvalue weighted by molar-refractivity contribution is -0.161. The molecule has 0 bridgehead atoms. The van der Waals surface area contributed by atoms with E-state index in [9.17, 15) is 14.4 Å². The van der Waals surface area contributed by atoms with Crippen LogP contribution in [0.25, 0.3) is 0 Å². The van der Waals surface area contributed by atoms with E-state index in [1.54, 1.807) is 16.7 Å². The second-order valence-electron chi connectivity index (χ2n) is 3.98. The van der Waals surface area contributed by atoms with Crippen molar-refractivity contribution in [3.8, 4) is 0 Å². The molecule has 6 heteroatoms. The van der Waals surface area contributed by atoms with Gasteiger partial charge in [-0.1, -0.05) is 0 Å². The molecule has 3 heterocycles. The van der Waals surface area contributed by atoms with E-state index in [0.29, 0.717) is 24.5 Å². The van der Waals surface area contributed by atoms with Gasteiger partial charge >= 0.3 is 0 Å². The predicted molar refractivity (Wildman–Crippen MR) is 52.8 cm³/mol. The molecule has 0 spiro atoms. The van der Waals surface area contributed by atoms with Gasteiger partial charge in [-0.15, -0.1) is 11.8 Å². The Morgan fingerprint density at radius 3 is 2.73 bits per heavy atom. The number of imide groups is 1. The Morgan fingerprint density at radius 1 is 1.13 bits per heavy atom. The van der Waals surface area contributed by atoms with Gasteiger partial charge in [0.1, 0.15) is 12.1 Å². The highest BCUT2D eigenvalue weighted by atomic mass is 32.2. The van der Waals surface area contributed by atoms with Gasteiger partial charge in [0.2, 0.25) is 11.8 Å². The number of fused-ring (bicyclic) bond motifs is 2. The van der Waals surface area contributed by atoms with Gasteiger partial charge < -0.3 is 4.90 Å². The number of thioether (sulfide) groups is 1. The molecule has 3 saturated heterocycles. The lowest BCUT2D eigenvalue weighted by Gasteiger charge is -2.36. The van der Waals surface area contributed by atoms with Crippen molar-refractivity contribution in [1.29, 1.82) is 0 Å². The van der Waals surface area contributed by atoms with Crippen LogP contribution in [0.3, 0.4) is 0 Å². The van der Waals surface area contributed by atoms with Crippen molar-refractivity contribution >= 4 is 29.5 Å². The molecule has 15 heavy (non-hydrogen) atoms. The highest BCUT2D eigenvalue weighted by Crippen LogP contribution is 2.33. The first kappa shape index (κ1) is 9.21. The average molecular weight is 226 g/mol. The molecule has 3 fully saturated rings. The molecule has 0 aliphatic carbocycles. The second-order valence-corrected chi connectivity index (χ2v) is 4.98. The van der Waals surface area contributed by atoms with Gasteiger partial charge in [0, 0.05) is 12.2 Å². The van der Waals surface area contributed by atoms with Crippen LogP contribution in [0.4, 0.5) is 0 Å². The SMILES string of the molecule is O=C1C2CCC(=O)N2C(=O)C2CSCN12. The minimum atomic E-state index is -0.500. The summed E-state index contributed by atoms with van der Waals surface area (Å²) in [4.78, 5) is 38.2. The van der Waals surface area contributed by atoms with Crippen LogP contribution in [0.2, 0.25) is 0 Å². The molecule has 2 unspecified atom stereocenters. The van der Waals surface area contributed by atoms with Crippen LogP contribution in [0.15, 0.2) is 0 Å². The first-order valence-electron chi connectivity index (χ1n) is 4.94. The normalized spacial score (nSPS) is 34.8. The summed E-state index contributed by atoms with van der Waals surface area (Å²) in [6, 6.07) is -0.888. The monoisotopic (exact) mass is 226 g/mol. The topological polar surface area (TPSA) is 57.7 Å². The third-order valence-corrected chi connectivity index (χ3v) is 4.20. The maximum absolute atomic E-state index is 11.9. The van der Waals surface area contributed by atoms with Crippen molar-refractivity contribution in [3.05, 3.63) is 0 Å². The van der Waals surface area contributed by atoms with Gasteiger partial charge in [0.05, 0.1) is 5.88 Å². The molecule has 80 valence electrons. The van der Waals surface area contributed by atoms with E-state index in [1.807, 2.05) is 0 Å². The molecule has 3 aliphatic heterocycles. The molecule has 5 nitrogen and oxygen atoms in total. The molecule has 0 radical (unpaired) electrons. The van der Waals surface area contributed by atoms with E-state index in [1.165, 1.54) is 4.90 Å². The Balaban J connectivity index is 2.00. The fourth-order valence-electron chi connectivity index (χ4n) is 2.41. The molecule has 0 N–H and O–H groups in total. The Hall–Kier alpha value is -1.04. The number of rotatable bonds is 0. The van der Waals surface area contributed by atoms with Gasteiger partial charge in [0.15, 0.2) is 0 Å². The zero-order chi connectivity index (χ0) is 10.6. The van der Waals surface area contributed by atoms with Crippen molar-refractivity contribution in [3.63, 3.8) is 0 Å². The number of amides is 3. The first-order chi connectivity index (χ1) is 7.20. The summed E-state index contributed by atoms with van der Waals surface area (Å²) in [5.74, 6) is 0.812. The van der Waals surface area contributed by atoms with E-state index < -0.39 is 6.04 Å². The molecule has 0 aromatic carbocycles. The zero-order valence-electron chi connectivity index (χ0n) is 8.01. The molecular formula is C9H10N2O3S. The van der Waals surface area contributed by atoms with Gasteiger partial charge in [-0.25, -0.2) is 0 Å². The highest BCUT2D eigenvalue weighted by Gasteiger charge is 2.52. The molecule has 0 aromatic rings. The number of piperazine rings is 1. The fourth-order valence-corrected chi connectivity index (χ4v) is 3.57. The third-order valence-electron chi connectivity index (χ3n) is 3.18. The van der Waals surface area contributed by atoms with Crippen molar-refractivity contribution < 1.29 is 14.4 Å². The van der Waals surface area contributed by atoms with Crippen LogP contribution in [0, 0.1) is 0 Å². The van der Waals surface area contributed by atoms with E-state index >= 15 is 0 Å². The standard InChI is InChI=1S/C9H10N2O3S/c12-7-2-1-5-8(13)10-4-15-3-6(10)9(14)11(5)7/h5-6H,1-4H2.